The summed E-state index contributed by atoms with van der Waals surface area (Å²) in [6, 6.07) is 12.0. The van der Waals surface area contributed by atoms with Gasteiger partial charge in [0.05, 0.1) is 28.8 Å². The number of aliphatic hydroxyl groups excluding tert-OH is 1. The Morgan fingerprint density at radius 2 is 1.70 bits per heavy atom. The quantitative estimate of drug-likeness (QED) is 0.804. The molecule has 1 aliphatic rings. The standard InChI is InChI=1S/C18H19Cl2NO2/c19-15-8-5-13(9-16(15)20)17(21)18(22)12-3-6-14(7-4-12)23-10-11-1-2-11/h3-9,11,17-18,22H,1-2,10,21H2. The number of halogens is 2. The molecular formula is C18H19Cl2NO2. The van der Waals surface area contributed by atoms with E-state index in [-0.39, 0.29) is 0 Å². The first kappa shape index (κ1) is 16.6. The summed E-state index contributed by atoms with van der Waals surface area (Å²) in [5, 5.41) is 11.4. The normalized spacial score (nSPS) is 16.9. The highest BCUT2D eigenvalue weighted by atomic mass is 35.5. The molecule has 2 unspecified atom stereocenters. The number of aliphatic hydroxyl groups is 1. The Labute approximate surface area is 146 Å². The summed E-state index contributed by atoms with van der Waals surface area (Å²) in [5.74, 6) is 1.53. The van der Waals surface area contributed by atoms with Crippen molar-refractivity contribution in [2.24, 2.45) is 11.7 Å². The lowest BCUT2D eigenvalue weighted by atomic mass is 9.96. The van der Waals surface area contributed by atoms with E-state index < -0.39 is 12.1 Å². The first-order chi connectivity index (χ1) is 11.0. The lowest BCUT2D eigenvalue weighted by Crippen LogP contribution is -2.19. The van der Waals surface area contributed by atoms with Gasteiger partial charge in [0, 0.05) is 0 Å². The highest BCUT2D eigenvalue weighted by Crippen LogP contribution is 2.32. The van der Waals surface area contributed by atoms with E-state index in [2.05, 4.69) is 0 Å². The summed E-state index contributed by atoms with van der Waals surface area (Å²) in [7, 11) is 0. The van der Waals surface area contributed by atoms with Gasteiger partial charge in [-0.15, -0.1) is 0 Å². The molecule has 0 heterocycles. The molecule has 0 bridgehead atoms. The molecule has 122 valence electrons. The van der Waals surface area contributed by atoms with Gasteiger partial charge in [-0.25, -0.2) is 0 Å². The summed E-state index contributed by atoms with van der Waals surface area (Å²) in [4.78, 5) is 0. The second kappa shape index (κ2) is 7.10. The smallest absolute Gasteiger partial charge is 0.119 e. The molecule has 0 spiro atoms. The van der Waals surface area contributed by atoms with Crippen molar-refractivity contribution in [2.45, 2.75) is 25.0 Å². The minimum Gasteiger partial charge on any atom is -0.493 e. The van der Waals surface area contributed by atoms with E-state index in [0.29, 0.717) is 16.0 Å². The topological polar surface area (TPSA) is 55.5 Å². The molecule has 3 rings (SSSR count). The van der Waals surface area contributed by atoms with Crippen LogP contribution in [0.15, 0.2) is 42.5 Å². The van der Waals surface area contributed by atoms with Crippen LogP contribution >= 0.6 is 23.2 Å². The summed E-state index contributed by atoms with van der Waals surface area (Å²) in [6.45, 7) is 0.769. The lowest BCUT2D eigenvalue weighted by molar-refractivity contribution is 0.147. The SMILES string of the molecule is NC(c1ccc(Cl)c(Cl)c1)C(O)c1ccc(OCC2CC2)cc1. The second-order valence-corrected chi connectivity index (χ2v) is 6.78. The molecule has 3 nitrogen and oxygen atoms in total. The summed E-state index contributed by atoms with van der Waals surface area (Å²) in [6.07, 6.45) is 1.69. The highest BCUT2D eigenvalue weighted by Gasteiger charge is 2.22. The molecule has 0 aromatic heterocycles. The van der Waals surface area contributed by atoms with Crippen LogP contribution in [-0.4, -0.2) is 11.7 Å². The summed E-state index contributed by atoms with van der Waals surface area (Å²) in [5.41, 5.74) is 7.63. The van der Waals surface area contributed by atoms with E-state index in [1.807, 2.05) is 24.3 Å². The summed E-state index contributed by atoms with van der Waals surface area (Å²) >= 11 is 11.9. The second-order valence-electron chi connectivity index (χ2n) is 5.97. The minimum atomic E-state index is -0.829. The van der Waals surface area contributed by atoms with Gasteiger partial charge in [-0.3, -0.25) is 0 Å². The average molecular weight is 352 g/mol. The molecule has 0 aliphatic heterocycles. The van der Waals surface area contributed by atoms with Crippen molar-refractivity contribution in [3.63, 3.8) is 0 Å². The average Bonchev–Trinajstić information content (AvgIpc) is 3.39. The monoisotopic (exact) mass is 351 g/mol. The molecule has 2 aromatic rings. The fourth-order valence-electron chi connectivity index (χ4n) is 2.37. The van der Waals surface area contributed by atoms with E-state index in [4.69, 9.17) is 33.7 Å². The first-order valence-electron chi connectivity index (χ1n) is 7.66. The van der Waals surface area contributed by atoms with Crippen molar-refractivity contribution in [1.29, 1.82) is 0 Å². The van der Waals surface area contributed by atoms with Crippen LogP contribution in [0.2, 0.25) is 10.0 Å². The molecule has 0 amide bonds. The molecular weight excluding hydrogens is 333 g/mol. The molecule has 2 atom stereocenters. The van der Waals surface area contributed by atoms with Crippen LogP contribution in [0.3, 0.4) is 0 Å². The van der Waals surface area contributed by atoms with Gasteiger partial charge >= 0.3 is 0 Å². The van der Waals surface area contributed by atoms with Crippen LogP contribution in [0.1, 0.15) is 36.1 Å². The minimum absolute atomic E-state index is 0.427. The van der Waals surface area contributed by atoms with Gasteiger partial charge < -0.3 is 15.6 Å². The van der Waals surface area contributed by atoms with Crippen LogP contribution in [0.25, 0.3) is 0 Å². The zero-order valence-electron chi connectivity index (χ0n) is 12.6. The zero-order chi connectivity index (χ0) is 16.4. The molecule has 2 aromatic carbocycles. The van der Waals surface area contributed by atoms with Crippen LogP contribution < -0.4 is 10.5 Å². The van der Waals surface area contributed by atoms with Crippen molar-refractivity contribution in [3.8, 4) is 5.75 Å². The Balaban J connectivity index is 1.67. The third-order valence-corrected chi connectivity index (χ3v) is 4.81. The largest absolute Gasteiger partial charge is 0.493 e. The number of hydrogen-bond donors (Lipinski definition) is 2. The molecule has 0 radical (unpaired) electrons. The van der Waals surface area contributed by atoms with Crippen LogP contribution in [0.5, 0.6) is 5.75 Å². The Bertz CT molecular complexity index is 671. The van der Waals surface area contributed by atoms with Crippen LogP contribution in [0.4, 0.5) is 0 Å². The Kier molecular flexibility index (Phi) is 5.12. The molecule has 1 saturated carbocycles. The Morgan fingerprint density at radius 1 is 1.04 bits per heavy atom. The fourth-order valence-corrected chi connectivity index (χ4v) is 2.68. The van der Waals surface area contributed by atoms with Gasteiger partial charge in [0.2, 0.25) is 0 Å². The van der Waals surface area contributed by atoms with Gasteiger partial charge in [0.1, 0.15) is 5.75 Å². The zero-order valence-corrected chi connectivity index (χ0v) is 14.1. The Hall–Kier alpha value is -1.26. The molecule has 3 N–H and O–H groups in total. The van der Waals surface area contributed by atoms with E-state index in [1.165, 1.54) is 12.8 Å². The number of rotatable bonds is 6. The van der Waals surface area contributed by atoms with Crippen LogP contribution in [0, 0.1) is 5.92 Å². The maximum absolute atomic E-state index is 10.5. The predicted molar refractivity (Wildman–Crippen MR) is 93.0 cm³/mol. The summed E-state index contributed by atoms with van der Waals surface area (Å²) < 4.78 is 5.69. The Morgan fingerprint density at radius 3 is 2.30 bits per heavy atom. The maximum atomic E-state index is 10.5. The van der Waals surface area contributed by atoms with Crippen molar-refractivity contribution in [2.75, 3.05) is 6.61 Å². The molecule has 23 heavy (non-hydrogen) atoms. The van der Waals surface area contributed by atoms with Gasteiger partial charge in [0.25, 0.3) is 0 Å². The molecule has 1 aliphatic carbocycles. The van der Waals surface area contributed by atoms with E-state index in [0.717, 1.165) is 23.5 Å². The molecule has 5 heteroatoms. The molecule has 1 fully saturated rings. The fraction of sp³-hybridized carbons (Fsp3) is 0.333. The van der Waals surface area contributed by atoms with E-state index >= 15 is 0 Å². The number of benzene rings is 2. The lowest BCUT2D eigenvalue weighted by Gasteiger charge is -2.20. The number of ether oxygens (including phenoxy) is 1. The first-order valence-corrected chi connectivity index (χ1v) is 8.41. The third-order valence-electron chi connectivity index (χ3n) is 4.07. The van der Waals surface area contributed by atoms with E-state index in [1.54, 1.807) is 18.2 Å². The maximum Gasteiger partial charge on any atom is 0.119 e. The molecule has 0 saturated heterocycles. The van der Waals surface area contributed by atoms with Crippen LogP contribution in [-0.2, 0) is 0 Å². The van der Waals surface area contributed by atoms with Gasteiger partial charge in [-0.05, 0) is 54.2 Å². The van der Waals surface area contributed by atoms with Crippen molar-refractivity contribution in [3.05, 3.63) is 63.6 Å². The van der Waals surface area contributed by atoms with Crippen molar-refractivity contribution in [1.82, 2.24) is 0 Å². The van der Waals surface area contributed by atoms with E-state index in [9.17, 15) is 5.11 Å². The highest BCUT2D eigenvalue weighted by molar-refractivity contribution is 6.42. The predicted octanol–water partition coefficient (Wildman–Crippen LogP) is 4.52. The van der Waals surface area contributed by atoms with Gasteiger partial charge in [-0.1, -0.05) is 41.4 Å². The number of hydrogen-bond acceptors (Lipinski definition) is 3. The third kappa shape index (κ3) is 4.18. The van der Waals surface area contributed by atoms with Crippen molar-refractivity contribution < 1.29 is 9.84 Å². The number of nitrogens with two attached hydrogens (primary N) is 1. The van der Waals surface area contributed by atoms with Gasteiger partial charge in [0.15, 0.2) is 0 Å². The van der Waals surface area contributed by atoms with Gasteiger partial charge in [-0.2, -0.15) is 0 Å². The van der Waals surface area contributed by atoms with Crippen molar-refractivity contribution >= 4 is 23.2 Å².